The largest absolute Gasteiger partial charge is 0.353 e. The van der Waals surface area contributed by atoms with E-state index in [4.69, 9.17) is 9.47 Å². The quantitative estimate of drug-likeness (QED) is 0.280. The summed E-state index contributed by atoms with van der Waals surface area (Å²) in [5.74, 6) is 5.54. The van der Waals surface area contributed by atoms with E-state index in [0.717, 1.165) is 48.5 Å². The second kappa shape index (κ2) is 15.2. The summed E-state index contributed by atoms with van der Waals surface area (Å²) < 4.78 is 12.5. The van der Waals surface area contributed by atoms with Gasteiger partial charge >= 0.3 is 0 Å². The van der Waals surface area contributed by atoms with Crippen molar-refractivity contribution >= 4 is 0 Å². The van der Waals surface area contributed by atoms with Gasteiger partial charge < -0.3 is 9.47 Å². The smallest absolute Gasteiger partial charge is 0.157 e. The zero-order valence-electron chi connectivity index (χ0n) is 27.8. The summed E-state index contributed by atoms with van der Waals surface area (Å²) in [6, 6.07) is 0. The van der Waals surface area contributed by atoms with E-state index < -0.39 is 0 Å². The van der Waals surface area contributed by atoms with Gasteiger partial charge in [0.05, 0.1) is 6.10 Å². The minimum Gasteiger partial charge on any atom is -0.353 e. The zero-order valence-corrected chi connectivity index (χ0v) is 27.8. The van der Waals surface area contributed by atoms with E-state index in [0.29, 0.717) is 16.9 Å². The van der Waals surface area contributed by atoms with E-state index in [9.17, 15) is 0 Å². The number of fused-ring (bicyclic) bond motifs is 5. The minimum atomic E-state index is 0. The Bertz CT molecular complexity index is 751. The standard InChI is InChI=1S/C33H56O2.2C2H6.3H2/c1-6-33-20-17-26(35-31-12-7-8-21-34-31)22-25(33)13-14-27-29-16-15-28(24(4)11-9-10-23(2)3)32(29,5)19-18-30(27)33;2*1-2;;;/h13,23-24,26-31H,6-12,14-22H2,1-5H3;2*1-2H3;3*1H/t24-,26+,27+,28?,29?,30?,31?,32-,33+;;;;;/m1...../s1. The van der Waals surface area contributed by atoms with Gasteiger partial charge in [0.2, 0.25) is 0 Å². The average Bonchev–Trinajstić information content (AvgIpc) is 3.32. The molecule has 3 saturated carbocycles. The van der Waals surface area contributed by atoms with Crippen LogP contribution in [0.15, 0.2) is 11.6 Å². The Balaban J connectivity index is 0.00000230. The molecule has 9 atom stereocenters. The van der Waals surface area contributed by atoms with Crippen molar-refractivity contribution in [1.82, 2.24) is 0 Å². The molecule has 0 aromatic heterocycles. The van der Waals surface area contributed by atoms with Gasteiger partial charge in [0.25, 0.3) is 0 Å². The molecule has 5 aliphatic rings. The highest BCUT2D eigenvalue weighted by Crippen LogP contribution is 2.68. The number of rotatable bonds is 8. The van der Waals surface area contributed by atoms with Crippen molar-refractivity contribution < 1.29 is 13.8 Å². The van der Waals surface area contributed by atoms with Crippen LogP contribution in [0.3, 0.4) is 0 Å². The second-order valence-corrected chi connectivity index (χ2v) is 14.2. The van der Waals surface area contributed by atoms with Gasteiger partial charge in [-0.2, -0.15) is 0 Å². The molecule has 0 N–H and O–H groups in total. The van der Waals surface area contributed by atoms with Crippen LogP contribution in [-0.2, 0) is 9.47 Å². The summed E-state index contributed by atoms with van der Waals surface area (Å²) in [6.45, 7) is 21.5. The van der Waals surface area contributed by atoms with E-state index in [-0.39, 0.29) is 10.6 Å². The van der Waals surface area contributed by atoms with Crippen LogP contribution in [0.25, 0.3) is 0 Å². The van der Waals surface area contributed by atoms with E-state index in [1.54, 1.807) is 5.57 Å². The van der Waals surface area contributed by atoms with Gasteiger partial charge in [0.1, 0.15) is 0 Å². The van der Waals surface area contributed by atoms with Crippen molar-refractivity contribution in [3.63, 3.8) is 0 Å². The first kappa shape index (κ1) is 33.2. The monoisotopic (exact) mass is 551 g/mol. The number of hydrogen-bond donors (Lipinski definition) is 0. The first-order valence-electron chi connectivity index (χ1n) is 17.8. The first-order valence-corrected chi connectivity index (χ1v) is 17.8. The fraction of sp³-hybridized carbons (Fsp3) is 0.946. The lowest BCUT2D eigenvalue weighted by molar-refractivity contribution is -0.195. The molecule has 0 radical (unpaired) electrons. The summed E-state index contributed by atoms with van der Waals surface area (Å²) in [7, 11) is 0. The first-order chi connectivity index (χ1) is 18.9. The molecule has 0 spiro atoms. The van der Waals surface area contributed by atoms with E-state index in [2.05, 4.69) is 40.7 Å². The lowest BCUT2D eigenvalue weighted by Crippen LogP contribution is -2.52. The third kappa shape index (κ3) is 7.01. The highest BCUT2D eigenvalue weighted by molar-refractivity contribution is 5.26. The molecule has 5 rings (SSSR count). The molecular formula is C37H74O2. The lowest BCUT2D eigenvalue weighted by Gasteiger charge is -2.59. The molecule has 4 fully saturated rings. The third-order valence-electron chi connectivity index (χ3n) is 12.1. The molecular weight excluding hydrogens is 476 g/mol. The summed E-state index contributed by atoms with van der Waals surface area (Å²) in [4.78, 5) is 0. The maximum absolute atomic E-state index is 6.52. The molecule has 0 aromatic rings. The van der Waals surface area contributed by atoms with Gasteiger partial charge in [-0.1, -0.05) is 93.2 Å². The molecule has 2 nitrogen and oxygen atoms in total. The van der Waals surface area contributed by atoms with Crippen molar-refractivity contribution in [2.75, 3.05) is 6.61 Å². The van der Waals surface area contributed by atoms with Crippen molar-refractivity contribution in [2.24, 2.45) is 46.3 Å². The fourth-order valence-electron chi connectivity index (χ4n) is 10.3. The normalized spacial score (nSPS) is 40.1. The fourth-order valence-corrected chi connectivity index (χ4v) is 10.3. The molecule has 0 bridgehead atoms. The second-order valence-electron chi connectivity index (χ2n) is 14.2. The molecule has 1 saturated heterocycles. The summed E-state index contributed by atoms with van der Waals surface area (Å²) in [5, 5.41) is 0. The Kier molecular flexibility index (Phi) is 12.9. The number of hydrogen-bond acceptors (Lipinski definition) is 2. The van der Waals surface area contributed by atoms with Gasteiger partial charge in [0, 0.05) is 10.9 Å². The van der Waals surface area contributed by atoms with Crippen molar-refractivity contribution in [2.45, 2.75) is 171 Å². The van der Waals surface area contributed by atoms with Gasteiger partial charge in [-0.25, -0.2) is 0 Å². The Labute approximate surface area is 249 Å². The topological polar surface area (TPSA) is 18.5 Å². The van der Waals surface area contributed by atoms with Crippen LogP contribution < -0.4 is 0 Å². The van der Waals surface area contributed by atoms with Gasteiger partial charge in [-0.15, -0.1) is 0 Å². The molecule has 1 aliphatic heterocycles. The lowest BCUT2D eigenvalue weighted by atomic mass is 9.46. The Morgan fingerprint density at radius 2 is 1.72 bits per heavy atom. The summed E-state index contributed by atoms with van der Waals surface area (Å²) >= 11 is 0. The van der Waals surface area contributed by atoms with Crippen molar-refractivity contribution in [1.29, 1.82) is 0 Å². The van der Waals surface area contributed by atoms with Crippen LogP contribution in [-0.4, -0.2) is 19.0 Å². The van der Waals surface area contributed by atoms with E-state index in [1.807, 2.05) is 27.7 Å². The Hall–Kier alpha value is -0.340. The van der Waals surface area contributed by atoms with Gasteiger partial charge in [-0.05, 0) is 123 Å². The molecule has 1 heterocycles. The number of allylic oxidation sites excluding steroid dienone is 1. The maximum Gasteiger partial charge on any atom is 0.157 e. The van der Waals surface area contributed by atoms with Crippen LogP contribution in [0.1, 0.15) is 163 Å². The van der Waals surface area contributed by atoms with E-state index >= 15 is 0 Å². The third-order valence-corrected chi connectivity index (χ3v) is 12.1. The summed E-state index contributed by atoms with van der Waals surface area (Å²) in [5.41, 5.74) is 2.85. The molecule has 4 aliphatic carbocycles. The van der Waals surface area contributed by atoms with Gasteiger partial charge in [0.15, 0.2) is 6.29 Å². The molecule has 4 unspecified atom stereocenters. The van der Waals surface area contributed by atoms with Crippen LogP contribution in [0.2, 0.25) is 0 Å². The highest BCUT2D eigenvalue weighted by Gasteiger charge is 2.59. The molecule has 39 heavy (non-hydrogen) atoms. The van der Waals surface area contributed by atoms with Crippen LogP contribution >= 0.6 is 0 Å². The van der Waals surface area contributed by atoms with Gasteiger partial charge in [-0.3, -0.25) is 0 Å². The Morgan fingerprint density at radius 1 is 0.949 bits per heavy atom. The predicted molar refractivity (Wildman–Crippen MR) is 175 cm³/mol. The minimum absolute atomic E-state index is 0. The molecule has 0 aromatic carbocycles. The molecule has 0 amide bonds. The van der Waals surface area contributed by atoms with Crippen molar-refractivity contribution in [3.05, 3.63) is 11.6 Å². The predicted octanol–water partition coefficient (Wildman–Crippen LogP) is 12.1. The SMILES string of the molecule is CC.CC.CC[C@]12CC[C@H](OC3CCCCO3)CC1=CC[C@@H]1C2CC[C@@]2(C)C1CCC2[C@H](C)CCCC(C)C.[HH].[HH].[HH]. The van der Waals surface area contributed by atoms with Crippen LogP contribution in [0.5, 0.6) is 0 Å². The number of ether oxygens (including phenoxy) is 2. The molecule has 2 heteroatoms. The van der Waals surface area contributed by atoms with Crippen LogP contribution in [0, 0.1) is 46.3 Å². The van der Waals surface area contributed by atoms with Crippen molar-refractivity contribution in [3.8, 4) is 0 Å². The zero-order chi connectivity index (χ0) is 28.6. The summed E-state index contributed by atoms with van der Waals surface area (Å²) in [6.07, 6.45) is 23.5. The maximum atomic E-state index is 6.52. The van der Waals surface area contributed by atoms with Crippen LogP contribution in [0.4, 0.5) is 0 Å². The van der Waals surface area contributed by atoms with E-state index in [1.165, 1.54) is 89.9 Å². The highest BCUT2D eigenvalue weighted by atomic mass is 16.7. The average molecular weight is 551 g/mol. The molecule has 234 valence electrons. The Morgan fingerprint density at radius 3 is 2.38 bits per heavy atom.